The molecule has 1 unspecified atom stereocenters. The number of benzene rings is 1. The van der Waals surface area contributed by atoms with Crippen LogP contribution in [0.3, 0.4) is 0 Å². The van der Waals surface area contributed by atoms with Gasteiger partial charge in [-0.05, 0) is 47.9 Å². The zero-order valence-corrected chi connectivity index (χ0v) is 11.0. The second-order valence-corrected chi connectivity index (χ2v) is 5.75. The number of thiophene rings is 1. The molecule has 1 aromatic carbocycles. The van der Waals surface area contributed by atoms with Crippen LogP contribution in [-0.4, -0.2) is 11.7 Å². The summed E-state index contributed by atoms with van der Waals surface area (Å²) >= 11 is 1.81. The Morgan fingerprint density at radius 1 is 1.28 bits per heavy atom. The number of hydrogen-bond acceptors (Lipinski definition) is 3. The van der Waals surface area contributed by atoms with Crippen molar-refractivity contribution in [2.75, 3.05) is 6.54 Å². The van der Waals surface area contributed by atoms with Gasteiger partial charge in [0, 0.05) is 17.5 Å². The van der Waals surface area contributed by atoms with Crippen molar-refractivity contribution in [1.82, 2.24) is 5.32 Å². The van der Waals surface area contributed by atoms with E-state index in [-0.39, 0.29) is 0 Å². The molecule has 0 saturated carbocycles. The third-order valence-electron chi connectivity index (χ3n) is 3.59. The summed E-state index contributed by atoms with van der Waals surface area (Å²) in [5, 5.41) is 15.5. The molecule has 0 fully saturated rings. The number of aromatic hydroxyl groups is 1. The Morgan fingerprint density at radius 3 is 3.06 bits per heavy atom. The summed E-state index contributed by atoms with van der Waals surface area (Å²) in [6, 6.07) is 10.5. The molecule has 0 spiro atoms. The van der Waals surface area contributed by atoms with Gasteiger partial charge >= 0.3 is 0 Å². The first-order chi connectivity index (χ1) is 8.84. The molecule has 0 radical (unpaired) electrons. The first-order valence-corrected chi connectivity index (χ1v) is 7.29. The third-order valence-corrected chi connectivity index (χ3v) is 4.52. The van der Waals surface area contributed by atoms with Crippen LogP contribution in [0.5, 0.6) is 5.75 Å². The van der Waals surface area contributed by atoms with Crippen molar-refractivity contribution in [3.8, 4) is 5.75 Å². The molecule has 3 heteroatoms. The molecule has 1 heterocycles. The standard InChI is InChI=1S/C15H17NOS/c17-15-5-1-4-12-13(15)6-7-14(12)16-9-8-11-3-2-10-18-11/h1-5,10,14,16-17H,6-9H2. The molecule has 0 bridgehead atoms. The van der Waals surface area contributed by atoms with Gasteiger partial charge in [0.2, 0.25) is 0 Å². The van der Waals surface area contributed by atoms with Crippen LogP contribution >= 0.6 is 11.3 Å². The fourth-order valence-corrected chi connectivity index (χ4v) is 3.38. The average molecular weight is 259 g/mol. The van der Waals surface area contributed by atoms with E-state index in [4.69, 9.17) is 0 Å². The highest BCUT2D eigenvalue weighted by Crippen LogP contribution is 2.36. The molecule has 1 atom stereocenters. The topological polar surface area (TPSA) is 32.3 Å². The number of nitrogens with one attached hydrogen (secondary N) is 1. The maximum atomic E-state index is 9.80. The smallest absolute Gasteiger partial charge is 0.119 e. The summed E-state index contributed by atoms with van der Waals surface area (Å²) in [5.74, 6) is 0.454. The summed E-state index contributed by atoms with van der Waals surface area (Å²) in [4.78, 5) is 1.43. The lowest BCUT2D eigenvalue weighted by Crippen LogP contribution is -2.21. The Hall–Kier alpha value is -1.32. The molecule has 3 rings (SSSR count). The van der Waals surface area contributed by atoms with Gasteiger partial charge in [-0.15, -0.1) is 11.3 Å². The quantitative estimate of drug-likeness (QED) is 0.883. The lowest BCUT2D eigenvalue weighted by atomic mass is 10.1. The van der Waals surface area contributed by atoms with Gasteiger partial charge in [-0.25, -0.2) is 0 Å². The van der Waals surface area contributed by atoms with Gasteiger partial charge in [-0.2, -0.15) is 0 Å². The van der Waals surface area contributed by atoms with Crippen LogP contribution in [0.4, 0.5) is 0 Å². The Kier molecular flexibility index (Phi) is 3.35. The number of phenols is 1. The van der Waals surface area contributed by atoms with E-state index >= 15 is 0 Å². The molecular weight excluding hydrogens is 242 g/mol. The molecule has 2 N–H and O–H groups in total. The summed E-state index contributed by atoms with van der Waals surface area (Å²) in [7, 11) is 0. The third kappa shape index (κ3) is 2.28. The van der Waals surface area contributed by atoms with E-state index in [0.717, 1.165) is 31.4 Å². The second kappa shape index (κ2) is 5.12. The number of rotatable bonds is 4. The summed E-state index contributed by atoms with van der Waals surface area (Å²) in [6.45, 7) is 1.00. The highest BCUT2D eigenvalue weighted by molar-refractivity contribution is 7.09. The van der Waals surface area contributed by atoms with E-state index in [1.807, 2.05) is 17.4 Å². The Labute approximate surface area is 111 Å². The van der Waals surface area contributed by atoms with Crippen LogP contribution in [0.25, 0.3) is 0 Å². The SMILES string of the molecule is Oc1cccc2c1CCC2NCCc1cccs1. The molecule has 1 aliphatic rings. The Morgan fingerprint density at radius 2 is 2.22 bits per heavy atom. The molecule has 1 aliphatic carbocycles. The van der Waals surface area contributed by atoms with E-state index < -0.39 is 0 Å². The predicted molar refractivity (Wildman–Crippen MR) is 75.2 cm³/mol. The van der Waals surface area contributed by atoms with Gasteiger partial charge in [0.15, 0.2) is 0 Å². The number of hydrogen-bond donors (Lipinski definition) is 2. The van der Waals surface area contributed by atoms with Crippen LogP contribution < -0.4 is 5.32 Å². The molecule has 94 valence electrons. The zero-order valence-electron chi connectivity index (χ0n) is 10.2. The monoisotopic (exact) mass is 259 g/mol. The number of fused-ring (bicyclic) bond motifs is 1. The summed E-state index contributed by atoms with van der Waals surface area (Å²) < 4.78 is 0. The Balaban J connectivity index is 1.61. The van der Waals surface area contributed by atoms with Gasteiger partial charge < -0.3 is 10.4 Å². The first kappa shape index (κ1) is 11.8. The molecule has 18 heavy (non-hydrogen) atoms. The molecule has 0 amide bonds. The van der Waals surface area contributed by atoms with E-state index in [1.54, 1.807) is 6.07 Å². The molecule has 1 aromatic heterocycles. The van der Waals surface area contributed by atoms with Crippen molar-refractivity contribution < 1.29 is 5.11 Å². The maximum Gasteiger partial charge on any atom is 0.119 e. The van der Waals surface area contributed by atoms with E-state index in [9.17, 15) is 5.11 Å². The van der Waals surface area contributed by atoms with Gasteiger partial charge in [0.1, 0.15) is 5.75 Å². The van der Waals surface area contributed by atoms with Crippen molar-refractivity contribution in [2.45, 2.75) is 25.3 Å². The van der Waals surface area contributed by atoms with Gasteiger partial charge in [-0.3, -0.25) is 0 Å². The van der Waals surface area contributed by atoms with Crippen molar-refractivity contribution in [2.24, 2.45) is 0 Å². The fourth-order valence-electron chi connectivity index (χ4n) is 2.67. The second-order valence-electron chi connectivity index (χ2n) is 4.72. The van der Waals surface area contributed by atoms with Gasteiger partial charge in [-0.1, -0.05) is 18.2 Å². The van der Waals surface area contributed by atoms with E-state index in [2.05, 4.69) is 28.9 Å². The lowest BCUT2D eigenvalue weighted by molar-refractivity contribution is 0.469. The largest absolute Gasteiger partial charge is 0.508 e. The zero-order chi connectivity index (χ0) is 12.4. The van der Waals surface area contributed by atoms with E-state index in [0.29, 0.717) is 11.8 Å². The fraction of sp³-hybridized carbons (Fsp3) is 0.333. The first-order valence-electron chi connectivity index (χ1n) is 6.41. The van der Waals surface area contributed by atoms with Crippen LogP contribution in [0, 0.1) is 0 Å². The minimum absolute atomic E-state index is 0.409. The van der Waals surface area contributed by atoms with Crippen LogP contribution in [-0.2, 0) is 12.8 Å². The van der Waals surface area contributed by atoms with E-state index in [1.165, 1.54) is 10.4 Å². The van der Waals surface area contributed by atoms with Crippen LogP contribution in [0.15, 0.2) is 35.7 Å². The van der Waals surface area contributed by atoms with Crippen LogP contribution in [0.1, 0.15) is 28.5 Å². The van der Waals surface area contributed by atoms with Crippen molar-refractivity contribution in [3.05, 3.63) is 51.7 Å². The van der Waals surface area contributed by atoms with Crippen molar-refractivity contribution >= 4 is 11.3 Å². The number of phenolic OH excluding ortho intramolecular Hbond substituents is 1. The lowest BCUT2D eigenvalue weighted by Gasteiger charge is -2.13. The average Bonchev–Trinajstić information content (AvgIpc) is 3.00. The van der Waals surface area contributed by atoms with Gasteiger partial charge in [0.25, 0.3) is 0 Å². The van der Waals surface area contributed by atoms with Crippen LogP contribution in [0.2, 0.25) is 0 Å². The normalized spacial score (nSPS) is 17.9. The molecule has 0 saturated heterocycles. The van der Waals surface area contributed by atoms with Crippen molar-refractivity contribution in [3.63, 3.8) is 0 Å². The molecule has 0 aliphatic heterocycles. The van der Waals surface area contributed by atoms with Gasteiger partial charge in [0.05, 0.1) is 0 Å². The molecular formula is C15H17NOS. The molecule has 2 nitrogen and oxygen atoms in total. The highest BCUT2D eigenvalue weighted by atomic mass is 32.1. The molecule has 2 aromatic rings. The minimum atomic E-state index is 0.409. The summed E-state index contributed by atoms with van der Waals surface area (Å²) in [6.07, 6.45) is 3.17. The highest BCUT2D eigenvalue weighted by Gasteiger charge is 2.23. The predicted octanol–water partition coefficient (Wildman–Crippen LogP) is 3.27. The maximum absolute atomic E-state index is 9.80. The van der Waals surface area contributed by atoms with Crippen molar-refractivity contribution in [1.29, 1.82) is 0 Å². The minimum Gasteiger partial charge on any atom is -0.508 e. The Bertz CT molecular complexity index is 521. The summed E-state index contributed by atoms with van der Waals surface area (Å²) in [5.41, 5.74) is 2.41.